The number of unbranched alkanes of at least 4 members (excludes halogenated alkanes) is 8. The topological polar surface area (TPSA) is 55.8 Å². The van der Waals surface area contributed by atoms with Crippen LogP contribution >= 0.6 is 0 Å². The van der Waals surface area contributed by atoms with E-state index in [1.54, 1.807) is 0 Å². The maximum Gasteiger partial charge on any atom is 0.303 e. The fraction of sp³-hybridized carbons (Fsp3) is 0.720. The third kappa shape index (κ3) is 22.8. The van der Waals surface area contributed by atoms with Gasteiger partial charge in [0, 0.05) is 13.5 Å². The van der Waals surface area contributed by atoms with Gasteiger partial charge in [-0.2, -0.15) is 0 Å². The molecular formula is C25H44O4. The van der Waals surface area contributed by atoms with Gasteiger partial charge >= 0.3 is 5.97 Å². The minimum Gasteiger partial charge on any atom is -0.458 e. The molecule has 0 aliphatic heterocycles. The van der Waals surface area contributed by atoms with Gasteiger partial charge in [0.1, 0.15) is 6.10 Å². The minimum atomic E-state index is -0.535. The summed E-state index contributed by atoms with van der Waals surface area (Å²) in [6, 6.07) is 0. The summed E-state index contributed by atoms with van der Waals surface area (Å²) >= 11 is 0. The summed E-state index contributed by atoms with van der Waals surface area (Å²) in [4.78, 5) is 10.8. The van der Waals surface area contributed by atoms with Crippen LogP contribution in [0.15, 0.2) is 36.5 Å². The number of aliphatic hydroxyl groups excluding tert-OH is 1. The molecule has 0 spiro atoms. The van der Waals surface area contributed by atoms with Crippen molar-refractivity contribution in [3.8, 4) is 0 Å². The average molecular weight is 409 g/mol. The third-order valence-electron chi connectivity index (χ3n) is 4.53. The highest BCUT2D eigenvalue weighted by Crippen LogP contribution is 2.10. The van der Waals surface area contributed by atoms with Gasteiger partial charge in [-0.3, -0.25) is 4.79 Å². The molecule has 0 aliphatic carbocycles. The second kappa shape index (κ2) is 22.9. The lowest BCUT2D eigenvalue weighted by molar-refractivity contribution is -0.152. The Balaban J connectivity index is 3.28. The second-order valence-electron chi connectivity index (χ2n) is 7.40. The highest BCUT2D eigenvalue weighted by atomic mass is 16.6. The lowest BCUT2D eigenvalue weighted by Gasteiger charge is -2.14. The van der Waals surface area contributed by atoms with Gasteiger partial charge in [-0.25, -0.2) is 0 Å². The number of aliphatic hydroxyl groups is 1. The zero-order valence-electron chi connectivity index (χ0n) is 18.8. The van der Waals surface area contributed by atoms with Gasteiger partial charge in [0.15, 0.2) is 0 Å². The Bertz CT molecular complexity index is 440. The Morgan fingerprint density at radius 3 is 1.97 bits per heavy atom. The highest BCUT2D eigenvalue weighted by Gasteiger charge is 2.10. The molecule has 1 N–H and O–H groups in total. The van der Waals surface area contributed by atoms with Crippen LogP contribution in [0, 0.1) is 0 Å². The van der Waals surface area contributed by atoms with E-state index in [1.807, 2.05) is 0 Å². The van der Waals surface area contributed by atoms with Gasteiger partial charge < -0.3 is 14.6 Å². The first-order chi connectivity index (χ1) is 14.2. The third-order valence-corrected chi connectivity index (χ3v) is 4.53. The molecule has 0 aliphatic rings. The van der Waals surface area contributed by atoms with Gasteiger partial charge in [-0.1, -0.05) is 81.9 Å². The van der Waals surface area contributed by atoms with Crippen LogP contribution in [0.1, 0.15) is 90.9 Å². The molecule has 0 fully saturated rings. The monoisotopic (exact) mass is 408 g/mol. The number of ether oxygens (including phenoxy) is 2. The van der Waals surface area contributed by atoms with Gasteiger partial charge in [-0.05, 0) is 38.5 Å². The number of allylic oxidation sites excluding steroid dienone is 6. The van der Waals surface area contributed by atoms with Crippen molar-refractivity contribution in [3.05, 3.63) is 36.5 Å². The molecule has 0 saturated carbocycles. The zero-order valence-corrected chi connectivity index (χ0v) is 18.8. The molecule has 0 aromatic rings. The number of esters is 1. The Labute approximate surface area is 179 Å². The molecule has 0 radical (unpaired) electrons. The molecule has 29 heavy (non-hydrogen) atoms. The molecule has 0 heterocycles. The molecule has 1 unspecified atom stereocenters. The minimum absolute atomic E-state index is 0.191. The SMILES string of the molecule is CC/C=C\C/C=C\C/C=C\CCCCCCCCCCOCC(CO)OC(C)=O. The van der Waals surface area contributed by atoms with Crippen molar-refractivity contribution in [2.75, 3.05) is 19.8 Å². The molecule has 1 atom stereocenters. The number of rotatable bonds is 20. The first-order valence-electron chi connectivity index (χ1n) is 11.5. The van der Waals surface area contributed by atoms with Gasteiger partial charge in [-0.15, -0.1) is 0 Å². The maximum absolute atomic E-state index is 10.8. The van der Waals surface area contributed by atoms with Gasteiger partial charge in [0.05, 0.1) is 13.2 Å². The highest BCUT2D eigenvalue weighted by molar-refractivity contribution is 5.66. The fourth-order valence-electron chi connectivity index (χ4n) is 2.93. The molecular weight excluding hydrogens is 364 g/mol. The van der Waals surface area contributed by atoms with E-state index in [2.05, 4.69) is 43.4 Å². The predicted molar refractivity (Wildman–Crippen MR) is 122 cm³/mol. The molecule has 0 saturated heterocycles. The Morgan fingerprint density at radius 2 is 1.38 bits per heavy atom. The van der Waals surface area contributed by atoms with Crippen molar-refractivity contribution < 1.29 is 19.4 Å². The van der Waals surface area contributed by atoms with E-state index in [-0.39, 0.29) is 19.2 Å². The largest absolute Gasteiger partial charge is 0.458 e. The van der Waals surface area contributed by atoms with Crippen LogP contribution in [0.3, 0.4) is 0 Å². The van der Waals surface area contributed by atoms with E-state index in [9.17, 15) is 4.79 Å². The number of hydrogen-bond acceptors (Lipinski definition) is 4. The Kier molecular flexibility index (Phi) is 21.8. The molecule has 0 aromatic carbocycles. The van der Waals surface area contributed by atoms with E-state index >= 15 is 0 Å². The summed E-state index contributed by atoms with van der Waals surface area (Å²) in [6.45, 7) is 4.24. The fourth-order valence-corrected chi connectivity index (χ4v) is 2.93. The number of carbonyl (C=O) groups excluding carboxylic acids is 1. The molecule has 0 aromatic heterocycles. The van der Waals surface area contributed by atoms with Crippen LogP contribution < -0.4 is 0 Å². The molecule has 0 bridgehead atoms. The predicted octanol–water partition coefficient (Wildman–Crippen LogP) is 6.30. The lowest BCUT2D eigenvalue weighted by atomic mass is 10.1. The van der Waals surface area contributed by atoms with Crippen LogP contribution in [-0.4, -0.2) is 37.0 Å². The Morgan fingerprint density at radius 1 is 0.828 bits per heavy atom. The molecule has 168 valence electrons. The van der Waals surface area contributed by atoms with Crippen LogP contribution in [0.2, 0.25) is 0 Å². The van der Waals surface area contributed by atoms with Crippen molar-refractivity contribution >= 4 is 5.97 Å². The quantitative estimate of drug-likeness (QED) is 0.146. The maximum atomic E-state index is 10.8. The van der Waals surface area contributed by atoms with Crippen LogP contribution in [0.5, 0.6) is 0 Å². The van der Waals surface area contributed by atoms with Crippen LogP contribution in [0.4, 0.5) is 0 Å². The van der Waals surface area contributed by atoms with Crippen molar-refractivity contribution in [3.63, 3.8) is 0 Å². The summed E-state index contributed by atoms with van der Waals surface area (Å²) in [6.07, 6.45) is 27.4. The second-order valence-corrected chi connectivity index (χ2v) is 7.40. The van der Waals surface area contributed by atoms with Crippen molar-refractivity contribution in [2.24, 2.45) is 0 Å². The van der Waals surface area contributed by atoms with Crippen molar-refractivity contribution in [2.45, 2.75) is 97.0 Å². The van der Waals surface area contributed by atoms with Gasteiger partial charge in [0.25, 0.3) is 0 Å². The summed E-state index contributed by atoms with van der Waals surface area (Å²) in [5.41, 5.74) is 0. The van der Waals surface area contributed by atoms with Crippen LogP contribution in [0.25, 0.3) is 0 Å². The molecule has 4 nitrogen and oxygen atoms in total. The van der Waals surface area contributed by atoms with Crippen molar-refractivity contribution in [1.82, 2.24) is 0 Å². The average Bonchev–Trinajstić information content (AvgIpc) is 2.71. The van der Waals surface area contributed by atoms with E-state index in [1.165, 1.54) is 58.3 Å². The van der Waals surface area contributed by atoms with E-state index in [4.69, 9.17) is 14.6 Å². The standard InChI is InChI=1S/C25H44O4/c1-3-4-5-6-7-8-9-10-11-12-13-14-15-16-17-18-19-20-21-28-23-25(22-26)29-24(2)27/h4-5,7-8,10-11,25-26H,3,6,9,12-23H2,1-2H3/b5-4-,8-7-,11-10-. The summed E-state index contributed by atoms with van der Waals surface area (Å²) in [5.74, 6) is -0.383. The smallest absolute Gasteiger partial charge is 0.303 e. The van der Waals surface area contributed by atoms with E-state index < -0.39 is 6.10 Å². The first-order valence-corrected chi connectivity index (χ1v) is 11.5. The zero-order chi connectivity index (χ0) is 21.4. The molecule has 4 heteroatoms. The summed E-state index contributed by atoms with van der Waals surface area (Å²) in [5, 5.41) is 9.07. The molecule has 0 amide bonds. The Hall–Kier alpha value is -1.39. The summed E-state index contributed by atoms with van der Waals surface area (Å²) < 4.78 is 10.4. The lowest BCUT2D eigenvalue weighted by Crippen LogP contribution is -2.26. The first kappa shape index (κ1) is 27.6. The summed E-state index contributed by atoms with van der Waals surface area (Å²) in [7, 11) is 0. The molecule has 0 rings (SSSR count). The van der Waals surface area contributed by atoms with E-state index in [0.29, 0.717) is 6.61 Å². The normalized spacial score (nSPS) is 13.1. The van der Waals surface area contributed by atoms with Crippen LogP contribution in [-0.2, 0) is 14.3 Å². The van der Waals surface area contributed by atoms with Crippen molar-refractivity contribution in [1.29, 1.82) is 0 Å². The number of hydrogen-bond donors (Lipinski definition) is 1. The number of carbonyl (C=O) groups is 1. The van der Waals surface area contributed by atoms with E-state index in [0.717, 1.165) is 25.7 Å². The van der Waals surface area contributed by atoms with Gasteiger partial charge in [0.2, 0.25) is 0 Å².